The summed E-state index contributed by atoms with van der Waals surface area (Å²) < 4.78 is 31.1. The number of carbonyl (C=O) groups is 1. The highest BCUT2D eigenvalue weighted by Crippen LogP contribution is 2.13. The van der Waals surface area contributed by atoms with Gasteiger partial charge in [-0.05, 0) is 31.2 Å². The lowest BCUT2D eigenvalue weighted by molar-refractivity contribution is 0.0782. The zero-order valence-electron chi connectivity index (χ0n) is 13.3. The van der Waals surface area contributed by atoms with Crippen LogP contribution < -0.4 is 4.72 Å². The molecule has 0 saturated carbocycles. The quantitative estimate of drug-likeness (QED) is 0.792. The van der Waals surface area contributed by atoms with E-state index in [9.17, 15) is 13.2 Å². The van der Waals surface area contributed by atoms with E-state index in [0.717, 1.165) is 0 Å². The van der Waals surface area contributed by atoms with Crippen LogP contribution in [0.25, 0.3) is 0 Å². The van der Waals surface area contributed by atoms with Gasteiger partial charge in [-0.3, -0.25) is 4.79 Å². The molecule has 24 heavy (non-hydrogen) atoms. The molecule has 7 nitrogen and oxygen atoms in total. The lowest BCUT2D eigenvalue weighted by Crippen LogP contribution is -2.27. The number of carbonyl (C=O) groups excluding carboxylic acids is 1. The highest BCUT2D eigenvalue weighted by molar-refractivity contribution is 7.89. The molecule has 0 saturated heterocycles. The van der Waals surface area contributed by atoms with Gasteiger partial charge in [-0.25, -0.2) is 8.42 Å². The maximum absolute atomic E-state index is 12.4. The Morgan fingerprint density at radius 3 is 2.58 bits per heavy atom. The molecule has 1 amide bonds. The Labute approximate surface area is 140 Å². The second-order valence-electron chi connectivity index (χ2n) is 5.14. The van der Waals surface area contributed by atoms with Gasteiger partial charge in [0, 0.05) is 18.7 Å². The molecule has 0 spiro atoms. The van der Waals surface area contributed by atoms with Crippen LogP contribution in [-0.4, -0.2) is 38.0 Å². The van der Waals surface area contributed by atoms with Gasteiger partial charge in [-0.2, -0.15) is 4.72 Å². The molecule has 0 atom stereocenters. The van der Waals surface area contributed by atoms with Gasteiger partial charge in [-0.15, -0.1) is 6.42 Å². The van der Waals surface area contributed by atoms with Gasteiger partial charge in [0.15, 0.2) is 0 Å². The first-order valence-corrected chi connectivity index (χ1v) is 8.52. The Morgan fingerprint density at radius 2 is 2.04 bits per heavy atom. The molecule has 0 fully saturated rings. The minimum atomic E-state index is -3.67. The largest absolute Gasteiger partial charge is 0.361 e. The molecule has 0 radical (unpaired) electrons. The first-order valence-electron chi connectivity index (χ1n) is 7.04. The summed E-state index contributed by atoms with van der Waals surface area (Å²) in [4.78, 5) is 13.9. The fraction of sp³-hybridized carbons (Fsp3) is 0.250. The second-order valence-corrected chi connectivity index (χ2v) is 6.91. The first kappa shape index (κ1) is 17.7. The number of nitrogens with zero attached hydrogens (tertiary/aromatic N) is 2. The van der Waals surface area contributed by atoms with E-state index in [4.69, 9.17) is 10.9 Å². The van der Waals surface area contributed by atoms with Crippen LogP contribution in [0.2, 0.25) is 0 Å². The first-order chi connectivity index (χ1) is 11.3. The minimum Gasteiger partial charge on any atom is -0.361 e. The van der Waals surface area contributed by atoms with Gasteiger partial charge in [-0.1, -0.05) is 11.1 Å². The van der Waals surface area contributed by atoms with Crippen molar-refractivity contribution in [2.45, 2.75) is 18.4 Å². The number of amides is 1. The molecular formula is C16H17N3O4S. The van der Waals surface area contributed by atoms with Crippen molar-refractivity contribution in [1.82, 2.24) is 14.8 Å². The summed E-state index contributed by atoms with van der Waals surface area (Å²) in [6.45, 7) is 1.97. The van der Waals surface area contributed by atoms with E-state index in [-0.39, 0.29) is 17.3 Å². The van der Waals surface area contributed by atoms with E-state index >= 15 is 0 Å². The van der Waals surface area contributed by atoms with E-state index in [0.29, 0.717) is 23.6 Å². The predicted octanol–water partition coefficient (Wildman–Crippen LogP) is 1.17. The number of nitrogens with one attached hydrogen (secondary N) is 1. The van der Waals surface area contributed by atoms with Gasteiger partial charge < -0.3 is 9.42 Å². The zero-order valence-corrected chi connectivity index (χ0v) is 14.1. The van der Waals surface area contributed by atoms with Crippen LogP contribution in [0.5, 0.6) is 0 Å². The monoisotopic (exact) mass is 347 g/mol. The Bertz CT molecular complexity index is 863. The van der Waals surface area contributed by atoms with Gasteiger partial charge in [0.25, 0.3) is 5.91 Å². The Hall–Kier alpha value is -2.63. The minimum absolute atomic E-state index is 0.0454. The van der Waals surface area contributed by atoms with Crippen LogP contribution in [-0.2, 0) is 16.6 Å². The molecular weight excluding hydrogens is 330 g/mol. The van der Waals surface area contributed by atoms with E-state index in [1.54, 1.807) is 20.0 Å². The molecule has 126 valence electrons. The summed E-state index contributed by atoms with van der Waals surface area (Å²) in [5, 5.41) is 3.83. The Balaban J connectivity index is 2.09. The van der Waals surface area contributed by atoms with E-state index in [1.807, 2.05) is 0 Å². The smallest absolute Gasteiger partial charge is 0.253 e. The number of benzene rings is 1. The number of hydrogen-bond donors (Lipinski definition) is 1. The number of terminal acetylenes is 1. The fourth-order valence-electron chi connectivity index (χ4n) is 2.02. The van der Waals surface area contributed by atoms with Crippen molar-refractivity contribution in [1.29, 1.82) is 0 Å². The van der Waals surface area contributed by atoms with Crippen LogP contribution in [0.15, 0.2) is 39.8 Å². The average Bonchev–Trinajstić information content (AvgIpc) is 2.97. The molecule has 0 aliphatic rings. The Kier molecular flexibility index (Phi) is 5.39. The summed E-state index contributed by atoms with van der Waals surface area (Å²) in [7, 11) is -2.04. The fourth-order valence-corrected chi connectivity index (χ4v) is 2.96. The number of aromatic nitrogens is 1. The third-order valence-electron chi connectivity index (χ3n) is 3.20. The SMILES string of the molecule is C#CCNS(=O)(=O)c1ccc(C(=O)N(C)Cc2cc(C)on2)cc1. The summed E-state index contributed by atoms with van der Waals surface area (Å²) in [5.74, 6) is 2.61. The van der Waals surface area contributed by atoms with Crippen molar-refractivity contribution >= 4 is 15.9 Å². The highest BCUT2D eigenvalue weighted by atomic mass is 32.2. The van der Waals surface area contributed by atoms with Crippen LogP contribution >= 0.6 is 0 Å². The summed E-state index contributed by atoms with van der Waals surface area (Å²) >= 11 is 0. The molecule has 1 aromatic carbocycles. The van der Waals surface area contributed by atoms with Crippen LogP contribution in [0.1, 0.15) is 21.8 Å². The lowest BCUT2D eigenvalue weighted by Gasteiger charge is -2.15. The number of rotatable bonds is 6. The van der Waals surface area contributed by atoms with Crippen molar-refractivity contribution in [3.8, 4) is 12.3 Å². The zero-order chi connectivity index (χ0) is 17.7. The number of aryl methyl sites for hydroxylation is 1. The molecule has 2 aromatic rings. The summed E-state index contributed by atoms with van der Waals surface area (Å²) in [6.07, 6.45) is 5.04. The second kappa shape index (κ2) is 7.29. The van der Waals surface area contributed by atoms with E-state index in [2.05, 4.69) is 15.8 Å². The van der Waals surface area contributed by atoms with Crippen molar-refractivity contribution in [2.24, 2.45) is 0 Å². The standard InChI is InChI=1S/C16H17N3O4S/c1-4-9-17-24(21,22)15-7-5-13(6-8-15)16(20)19(3)11-14-10-12(2)23-18-14/h1,5-8,10,17H,9,11H2,2-3H3. The van der Waals surface area contributed by atoms with Crippen molar-refractivity contribution in [3.63, 3.8) is 0 Å². The average molecular weight is 347 g/mol. The van der Waals surface area contributed by atoms with E-state index in [1.165, 1.54) is 29.2 Å². The molecule has 0 unspecified atom stereocenters. The van der Waals surface area contributed by atoms with Gasteiger partial charge in [0.1, 0.15) is 11.5 Å². The predicted molar refractivity (Wildman–Crippen MR) is 87.5 cm³/mol. The normalized spacial score (nSPS) is 11.0. The molecule has 0 aliphatic carbocycles. The highest BCUT2D eigenvalue weighted by Gasteiger charge is 2.17. The third kappa shape index (κ3) is 4.22. The van der Waals surface area contributed by atoms with Crippen molar-refractivity contribution in [3.05, 3.63) is 47.3 Å². The van der Waals surface area contributed by atoms with Crippen molar-refractivity contribution < 1.29 is 17.7 Å². The van der Waals surface area contributed by atoms with Gasteiger partial charge >= 0.3 is 0 Å². The van der Waals surface area contributed by atoms with Gasteiger partial charge in [0.05, 0.1) is 18.0 Å². The molecule has 0 aliphatic heterocycles. The van der Waals surface area contributed by atoms with Gasteiger partial charge in [0.2, 0.25) is 10.0 Å². The maximum Gasteiger partial charge on any atom is 0.253 e. The van der Waals surface area contributed by atoms with Crippen molar-refractivity contribution in [2.75, 3.05) is 13.6 Å². The Morgan fingerprint density at radius 1 is 1.38 bits per heavy atom. The maximum atomic E-state index is 12.4. The summed E-state index contributed by atoms with van der Waals surface area (Å²) in [6, 6.07) is 7.38. The van der Waals surface area contributed by atoms with E-state index < -0.39 is 10.0 Å². The molecule has 1 aromatic heterocycles. The molecule has 2 rings (SSSR count). The lowest BCUT2D eigenvalue weighted by atomic mass is 10.2. The molecule has 8 heteroatoms. The number of sulfonamides is 1. The molecule has 1 heterocycles. The molecule has 0 bridgehead atoms. The van der Waals surface area contributed by atoms with Crippen LogP contribution in [0, 0.1) is 19.3 Å². The molecule has 1 N–H and O–H groups in total. The van der Waals surface area contributed by atoms with Crippen LogP contribution in [0.4, 0.5) is 0 Å². The van der Waals surface area contributed by atoms with Crippen LogP contribution in [0.3, 0.4) is 0 Å². The summed E-state index contributed by atoms with van der Waals surface area (Å²) in [5.41, 5.74) is 1.01. The number of hydrogen-bond acceptors (Lipinski definition) is 5. The topological polar surface area (TPSA) is 92.5 Å². The third-order valence-corrected chi connectivity index (χ3v) is 4.62.